The Morgan fingerprint density at radius 3 is 3.00 bits per heavy atom. The molecule has 5 nitrogen and oxygen atoms in total. The van der Waals surface area contributed by atoms with Crippen LogP contribution in [0.15, 0.2) is 30.0 Å². The summed E-state index contributed by atoms with van der Waals surface area (Å²) < 4.78 is 6.33. The van der Waals surface area contributed by atoms with Gasteiger partial charge in [0.1, 0.15) is 6.10 Å². The normalized spacial score (nSPS) is 21.5. The first-order chi connectivity index (χ1) is 11.9. The number of hydrogen-bond acceptors (Lipinski definition) is 6. The lowest BCUT2D eigenvalue weighted by atomic mass is 10.3. The lowest BCUT2D eigenvalue weighted by Gasteiger charge is -2.22. The number of likely N-dealkylation sites (tertiary alicyclic amines) is 1. The molecule has 0 spiro atoms. The third-order valence-electron chi connectivity index (χ3n) is 4.84. The molecule has 0 radical (unpaired) electrons. The third kappa shape index (κ3) is 3.70. The topological polar surface area (TPSA) is 41.5 Å². The maximum Gasteiger partial charge on any atom is 0.171 e. The summed E-state index contributed by atoms with van der Waals surface area (Å²) in [4.78, 5) is 14.9. The standard InChI is InChI=1S/C18H24N4OS/c1-2-9-22(8-1)18-17(4-3-7-20-18)23-15-5-10-21(13-15)11-6-16-12-19-14-24-16/h3-4,7,12,14-15H,1-2,5-6,8-11,13H2/t15-/m0/s1. The molecule has 1 atom stereocenters. The van der Waals surface area contributed by atoms with E-state index in [0.29, 0.717) is 0 Å². The summed E-state index contributed by atoms with van der Waals surface area (Å²) in [5.74, 6) is 1.98. The maximum absolute atomic E-state index is 6.33. The van der Waals surface area contributed by atoms with Crippen LogP contribution in [0.2, 0.25) is 0 Å². The maximum atomic E-state index is 6.33. The SMILES string of the molecule is c1cnc(N2CCCC2)c(O[C@H]2CCN(CCc3cncs3)C2)c1. The van der Waals surface area contributed by atoms with Crippen molar-refractivity contribution in [2.45, 2.75) is 31.8 Å². The second kappa shape index (κ2) is 7.49. The fourth-order valence-electron chi connectivity index (χ4n) is 3.55. The van der Waals surface area contributed by atoms with Gasteiger partial charge in [0.2, 0.25) is 0 Å². The number of thiazole rings is 1. The first-order valence-corrected chi connectivity index (χ1v) is 9.73. The van der Waals surface area contributed by atoms with E-state index in [2.05, 4.69) is 25.8 Å². The van der Waals surface area contributed by atoms with Crippen LogP contribution in [0.25, 0.3) is 0 Å². The molecule has 24 heavy (non-hydrogen) atoms. The van der Waals surface area contributed by atoms with Gasteiger partial charge in [-0.05, 0) is 37.8 Å². The van der Waals surface area contributed by atoms with Gasteiger partial charge in [0.05, 0.1) is 5.51 Å². The van der Waals surface area contributed by atoms with Crippen molar-refractivity contribution in [3.8, 4) is 5.75 Å². The predicted molar refractivity (Wildman–Crippen MR) is 97.0 cm³/mol. The molecule has 0 amide bonds. The minimum Gasteiger partial charge on any atom is -0.485 e. The molecule has 0 unspecified atom stereocenters. The van der Waals surface area contributed by atoms with Crippen LogP contribution in [-0.4, -0.2) is 53.7 Å². The molecule has 0 saturated carbocycles. The van der Waals surface area contributed by atoms with Crippen molar-refractivity contribution in [1.82, 2.24) is 14.9 Å². The molecule has 2 aliphatic rings. The molecule has 4 heterocycles. The van der Waals surface area contributed by atoms with E-state index in [-0.39, 0.29) is 6.10 Å². The highest BCUT2D eigenvalue weighted by atomic mass is 32.1. The first-order valence-electron chi connectivity index (χ1n) is 8.85. The van der Waals surface area contributed by atoms with Gasteiger partial charge in [-0.15, -0.1) is 11.3 Å². The Kier molecular flexibility index (Phi) is 4.94. The number of pyridine rings is 1. The van der Waals surface area contributed by atoms with Crippen molar-refractivity contribution in [3.63, 3.8) is 0 Å². The van der Waals surface area contributed by atoms with Crippen LogP contribution in [0.4, 0.5) is 5.82 Å². The lowest BCUT2D eigenvalue weighted by Crippen LogP contribution is -2.27. The van der Waals surface area contributed by atoms with E-state index >= 15 is 0 Å². The highest BCUT2D eigenvalue weighted by Gasteiger charge is 2.26. The zero-order valence-electron chi connectivity index (χ0n) is 13.9. The number of hydrogen-bond donors (Lipinski definition) is 0. The van der Waals surface area contributed by atoms with Crippen molar-refractivity contribution < 1.29 is 4.74 Å². The number of ether oxygens (including phenoxy) is 1. The van der Waals surface area contributed by atoms with E-state index in [1.807, 2.05) is 24.0 Å². The van der Waals surface area contributed by atoms with E-state index < -0.39 is 0 Å². The third-order valence-corrected chi connectivity index (χ3v) is 5.68. The zero-order valence-corrected chi connectivity index (χ0v) is 14.7. The van der Waals surface area contributed by atoms with Gasteiger partial charge >= 0.3 is 0 Å². The lowest BCUT2D eigenvalue weighted by molar-refractivity contribution is 0.201. The van der Waals surface area contributed by atoms with E-state index in [1.54, 1.807) is 11.3 Å². The van der Waals surface area contributed by atoms with E-state index in [9.17, 15) is 0 Å². The van der Waals surface area contributed by atoms with Gasteiger partial charge in [-0.1, -0.05) is 0 Å². The van der Waals surface area contributed by atoms with E-state index in [1.165, 1.54) is 17.7 Å². The molecule has 4 rings (SSSR count). The molecular weight excluding hydrogens is 320 g/mol. The van der Waals surface area contributed by atoms with Crippen LogP contribution in [0.1, 0.15) is 24.1 Å². The van der Waals surface area contributed by atoms with Gasteiger partial charge < -0.3 is 9.64 Å². The van der Waals surface area contributed by atoms with Gasteiger partial charge in [-0.2, -0.15) is 0 Å². The summed E-state index contributed by atoms with van der Waals surface area (Å²) in [6.07, 6.45) is 8.82. The average Bonchev–Trinajstić information content (AvgIpc) is 3.36. The molecule has 2 saturated heterocycles. The van der Waals surface area contributed by atoms with Crippen LogP contribution >= 0.6 is 11.3 Å². The summed E-state index contributed by atoms with van der Waals surface area (Å²) >= 11 is 1.74. The molecule has 2 aliphatic heterocycles. The highest BCUT2D eigenvalue weighted by Crippen LogP contribution is 2.30. The fraction of sp³-hybridized carbons (Fsp3) is 0.556. The molecule has 2 aromatic rings. The van der Waals surface area contributed by atoms with Gasteiger partial charge in [0.15, 0.2) is 11.6 Å². The van der Waals surface area contributed by atoms with Gasteiger partial charge in [0, 0.05) is 50.0 Å². The Morgan fingerprint density at radius 1 is 1.25 bits per heavy atom. The Labute approximate surface area is 147 Å². The summed E-state index contributed by atoms with van der Waals surface area (Å²) in [5.41, 5.74) is 1.91. The highest BCUT2D eigenvalue weighted by molar-refractivity contribution is 7.09. The molecule has 0 aliphatic carbocycles. The van der Waals surface area contributed by atoms with Crippen LogP contribution in [-0.2, 0) is 6.42 Å². The van der Waals surface area contributed by atoms with Crippen LogP contribution in [0, 0.1) is 0 Å². The van der Waals surface area contributed by atoms with E-state index in [4.69, 9.17) is 4.74 Å². The predicted octanol–water partition coefficient (Wildman–Crippen LogP) is 2.83. The van der Waals surface area contributed by atoms with Crippen LogP contribution in [0.5, 0.6) is 5.75 Å². The van der Waals surface area contributed by atoms with Gasteiger partial charge in [-0.3, -0.25) is 9.88 Å². The number of aromatic nitrogens is 2. The minimum atomic E-state index is 0.275. The molecule has 0 bridgehead atoms. The van der Waals surface area contributed by atoms with Gasteiger partial charge in [-0.25, -0.2) is 4.98 Å². The summed E-state index contributed by atoms with van der Waals surface area (Å²) in [6.45, 7) is 5.40. The van der Waals surface area contributed by atoms with Crippen molar-refractivity contribution in [3.05, 3.63) is 34.9 Å². The van der Waals surface area contributed by atoms with Crippen molar-refractivity contribution in [2.24, 2.45) is 0 Å². The van der Waals surface area contributed by atoms with Crippen molar-refractivity contribution >= 4 is 17.2 Å². The molecule has 6 heteroatoms. The Balaban J connectivity index is 1.33. The molecule has 0 N–H and O–H groups in total. The Morgan fingerprint density at radius 2 is 2.17 bits per heavy atom. The second-order valence-corrected chi connectivity index (χ2v) is 7.54. The van der Waals surface area contributed by atoms with Crippen molar-refractivity contribution in [1.29, 1.82) is 0 Å². The van der Waals surface area contributed by atoms with Crippen molar-refractivity contribution in [2.75, 3.05) is 37.6 Å². The molecule has 0 aromatic carbocycles. The monoisotopic (exact) mass is 344 g/mol. The van der Waals surface area contributed by atoms with Crippen LogP contribution < -0.4 is 9.64 Å². The molecular formula is C18H24N4OS. The quantitative estimate of drug-likeness (QED) is 0.806. The van der Waals surface area contributed by atoms with Crippen LogP contribution in [0.3, 0.4) is 0 Å². The van der Waals surface area contributed by atoms with Gasteiger partial charge in [0.25, 0.3) is 0 Å². The Hall–Kier alpha value is -1.66. The molecule has 2 fully saturated rings. The smallest absolute Gasteiger partial charge is 0.171 e. The number of anilines is 1. The molecule has 128 valence electrons. The Bertz CT molecular complexity index is 642. The zero-order chi connectivity index (χ0) is 16.2. The number of nitrogens with zero attached hydrogens (tertiary/aromatic N) is 4. The second-order valence-electron chi connectivity index (χ2n) is 6.57. The largest absolute Gasteiger partial charge is 0.485 e. The van der Waals surface area contributed by atoms with E-state index in [0.717, 1.165) is 57.1 Å². The average molecular weight is 344 g/mol. The summed E-state index contributed by atoms with van der Waals surface area (Å²) in [6, 6.07) is 4.05. The number of rotatable bonds is 6. The summed E-state index contributed by atoms with van der Waals surface area (Å²) in [5, 5.41) is 0. The summed E-state index contributed by atoms with van der Waals surface area (Å²) in [7, 11) is 0. The first kappa shape index (κ1) is 15.8. The molecule has 2 aromatic heterocycles. The minimum absolute atomic E-state index is 0.275. The fourth-order valence-corrected chi connectivity index (χ4v) is 4.14.